The fourth-order valence-electron chi connectivity index (χ4n) is 2.31. The smallest absolute Gasteiger partial charge is 0.256 e. The Morgan fingerprint density at radius 1 is 1.36 bits per heavy atom. The Morgan fingerprint density at radius 2 is 2.05 bits per heavy atom. The second kappa shape index (κ2) is 7.31. The molecule has 1 amide bonds. The molecule has 0 saturated carbocycles. The van der Waals surface area contributed by atoms with E-state index in [1.54, 1.807) is 14.0 Å². The fraction of sp³-hybridized carbons (Fsp3) is 0.375. The number of carbonyl (C=O) groups excluding carboxylic acids is 1. The third kappa shape index (κ3) is 3.80. The molecule has 0 aliphatic heterocycles. The van der Waals surface area contributed by atoms with Crippen LogP contribution in [0.4, 0.5) is 5.69 Å². The van der Waals surface area contributed by atoms with E-state index in [-0.39, 0.29) is 5.91 Å². The SMILES string of the molecule is Cc1nn(C)c(Cl)c1C(=O)NCCCN(C)c1ccccc1. The molecule has 0 bridgehead atoms. The highest BCUT2D eigenvalue weighted by Gasteiger charge is 2.18. The van der Waals surface area contributed by atoms with E-state index < -0.39 is 0 Å². The predicted octanol–water partition coefficient (Wildman–Crippen LogP) is 2.64. The van der Waals surface area contributed by atoms with Crippen molar-refractivity contribution < 1.29 is 4.79 Å². The first-order chi connectivity index (χ1) is 10.5. The number of nitrogens with one attached hydrogen (secondary N) is 1. The molecule has 5 nitrogen and oxygen atoms in total. The van der Waals surface area contributed by atoms with E-state index in [2.05, 4.69) is 27.4 Å². The van der Waals surface area contributed by atoms with Crippen LogP contribution in [0.1, 0.15) is 22.5 Å². The second-order valence-electron chi connectivity index (χ2n) is 5.24. The Hall–Kier alpha value is -2.01. The lowest BCUT2D eigenvalue weighted by Crippen LogP contribution is -2.28. The number of amides is 1. The number of hydrogen-bond acceptors (Lipinski definition) is 3. The van der Waals surface area contributed by atoms with Gasteiger partial charge in [-0.25, -0.2) is 0 Å². The summed E-state index contributed by atoms with van der Waals surface area (Å²) in [6, 6.07) is 10.2. The van der Waals surface area contributed by atoms with E-state index in [0.29, 0.717) is 23.0 Å². The number of aryl methyl sites for hydroxylation is 2. The minimum Gasteiger partial charge on any atom is -0.375 e. The zero-order valence-electron chi connectivity index (χ0n) is 13.1. The molecule has 0 fully saturated rings. The molecule has 2 rings (SSSR count). The number of halogens is 1. The molecule has 0 aliphatic rings. The quantitative estimate of drug-likeness (QED) is 0.832. The lowest BCUT2D eigenvalue weighted by Gasteiger charge is -2.19. The van der Waals surface area contributed by atoms with Crippen molar-refractivity contribution in [2.45, 2.75) is 13.3 Å². The average Bonchev–Trinajstić information content (AvgIpc) is 2.77. The average molecular weight is 321 g/mol. The topological polar surface area (TPSA) is 50.2 Å². The molecule has 0 radical (unpaired) electrons. The number of aromatic nitrogens is 2. The van der Waals surface area contributed by atoms with Crippen molar-refractivity contribution >= 4 is 23.2 Å². The van der Waals surface area contributed by atoms with Crippen LogP contribution in [0.3, 0.4) is 0 Å². The van der Waals surface area contributed by atoms with Gasteiger partial charge < -0.3 is 10.2 Å². The number of hydrogen-bond donors (Lipinski definition) is 1. The molecule has 1 heterocycles. The summed E-state index contributed by atoms with van der Waals surface area (Å²) >= 11 is 6.08. The molecule has 1 aromatic heterocycles. The van der Waals surface area contributed by atoms with Gasteiger partial charge in [-0.1, -0.05) is 29.8 Å². The molecule has 0 aliphatic carbocycles. The maximum atomic E-state index is 12.2. The van der Waals surface area contributed by atoms with Gasteiger partial charge in [0.1, 0.15) is 5.15 Å². The van der Waals surface area contributed by atoms with Crippen LogP contribution in [-0.4, -0.2) is 35.8 Å². The van der Waals surface area contributed by atoms with Gasteiger partial charge in [0.25, 0.3) is 5.91 Å². The summed E-state index contributed by atoms with van der Waals surface area (Å²) in [5, 5.41) is 7.41. The molecule has 2 aromatic rings. The Bertz CT molecular complexity index is 639. The number of benzene rings is 1. The standard InChI is InChI=1S/C16H21ClN4O/c1-12-14(15(17)21(3)19-12)16(22)18-10-7-11-20(2)13-8-5-4-6-9-13/h4-6,8-9H,7,10-11H2,1-3H3,(H,18,22). The highest BCUT2D eigenvalue weighted by molar-refractivity contribution is 6.33. The molecule has 0 saturated heterocycles. The first-order valence-electron chi connectivity index (χ1n) is 7.24. The van der Waals surface area contributed by atoms with E-state index in [1.807, 2.05) is 25.2 Å². The Kier molecular flexibility index (Phi) is 5.44. The number of rotatable bonds is 6. The highest BCUT2D eigenvalue weighted by atomic mass is 35.5. The lowest BCUT2D eigenvalue weighted by molar-refractivity contribution is 0.0953. The summed E-state index contributed by atoms with van der Waals surface area (Å²) in [5.74, 6) is -0.169. The monoisotopic (exact) mass is 320 g/mol. The molecular formula is C16H21ClN4O. The van der Waals surface area contributed by atoms with Crippen LogP contribution in [0.5, 0.6) is 0 Å². The van der Waals surface area contributed by atoms with Gasteiger partial charge in [-0.15, -0.1) is 0 Å². The normalized spacial score (nSPS) is 10.5. The number of anilines is 1. The molecule has 0 unspecified atom stereocenters. The molecule has 0 atom stereocenters. The van der Waals surface area contributed by atoms with Gasteiger partial charge in [0.05, 0.1) is 11.3 Å². The maximum absolute atomic E-state index is 12.2. The number of nitrogens with zero attached hydrogens (tertiary/aromatic N) is 3. The van der Waals surface area contributed by atoms with Crippen LogP contribution in [0.2, 0.25) is 5.15 Å². The summed E-state index contributed by atoms with van der Waals surface area (Å²) in [7, 11) is 3.76. The van der Waals surface area contributed by atoms with Crippen molar-refractivity contribution in [1.82, 2.24) is 15.1 Å². The summed E-state index contributed by atoms with van der Waals surface area (Å²) in [6.07, 6.45) is 0.855. The second-order valence-corrected chi connectivity index (χ2v) is 5.60. The van der Waals surface area contributed by atoms with Gasteiger partial charge in [-0.3, -0.25) is 9.48 Å². The first kappa shape index (κ1) is 16.4. The lowest BCUT2D eigenvalue weighted by atomic mass is 10.2. The van der Waals surface area contributed by atoms with Crippen molar-refractivity contribution in [2.24, 2.45) is 7.05 Å². The third-order valence-corrected chi connectivity index (χ3v) is 3.97. The maximum Gasteiger partial charge on any atom is 0.256 e. The minimum absolute atomic E-state index is 0.169. The van der Waals surface area contributed by atoms with Crippen LogP contribution in [0, 0.1) is 6.92 Å². The minimum atomic E-state index is -0.169. The summed E-state index contributed by atoms with van der Waals surface area (Å²) in [5.41, 5.74) is 2.27. The van der Waals surface area contributed by atoms with Crippen LogP contribution in [0.25, 0.3) is 0 Å². The molecule has 22 heavy (non-hydrogen) atoms. The van der Waals surface area contributed by atoms with Crippen molar-refractivity contribution in [2.75, 3.05) is 25.0 Å². The van der Waals surface area contributed by atoms with Gasteiger partial charge in [0, 0.05) is 32.9 Å². The zero-order valence-corrected chi connectivity index (χ0v) is 13.9. The molecule has 118 valence electrons. The van der Waals surface area contributed by atoms with Crippen molar-refractivity contribution in [1.29, 1.82) is 0 Å². The summed E-state index contributed by atoms with van der Waals surface area (Å²) in [6.45, 7) is 3.24. The highest BCUT2D eigenvalue weighted by Crippen LogP contribution is 2.18. The van der Waals surface area contributed by atoms with Gasteiger partial charge in [0.15, 0.2) is 0 Å². The van der Waals surface area contributed by atoms with Crippen LogP contribution < -0.4 is 10.2 Å². The van der Waals surface area contributed by atoms with Gasteiger partial charge >= 0.3 is 0 Å². The van der Waals surface area contributed by atoms with Crippen LogP contribution in [-0.2, 0) is 7.05 Å². The molecule has 6 heteroatoms. The third-order valence-electron chi connectivity index (χ3n) is 3.53. The predicted molar refractivity (Wildman–Crippen MR) is 89.6 cm³/mol. The van der Waals surface area contributed by atoms with Gasteiger partial charge in [-0.2, -0.15) is 5.10 Å². The molecule has 1 N–H and O–H groups in total. The van der Waals surface area contributed by atoms with E-state index in [4.69, 9.17) is 11.6 Å². The Labute approximate surface area is 135 Å². The van der Waals surface area contributed by atoms with Gasteiger partial charge in [0.2, 0.25) is 0 Å². The van der Waals surface area contributed by atoms with Crippen LogP contribution >= 0.6 is 11.6 Å². The van der Waals surface area contributed by atoms with Crippen molar-refractivity contribution in [3.8, 4) is 0 Å². The van der Waals surface area contributed by atoms with Crippen molar-refractivity contribution in [3.05, 3.63) is 46.7 Å². The largest absolute Gasteiger partial charge is 0.375 e. The number of carbonyl (C=O) groups is 1. The summed E-state index contributed by atoms with van der Waals surface area (Å²) in [4.78, 5) is 14.3. The first-order valence-corrected chi connectivity index (χ1v) is 7.62. The van der Waals surface area contributed by atoms with E-state index in [0.717, 1.165) is 13.0 Å². The molecule has 0 spiro atoms. The van der Waals surface area contributed by atoms with E-state index in [9.17, 15) is 4.79 Å². The Morgan fingerprint density at radius 3 is 2.64 bits per heavy atom. The molecular weight excluding hydrogens is 300 g/mol. The van der Waals surface area contributed by atoms with E-state index >= 15 is 0 Å². The number of para-hydroxylation sites is 1. The molecule has 1 aromatic carbocycles. The Balaban J connectivity index is 1.80. The fourth-order valence-corrected chi connectivity index (χ4v) is 2.57. The van der Waals surface area contributed by atoms with Crippen molar-refractivity contribution in [3.63, 3.8) is 0 Å². The van der Waals surface area contributed by atoms with Crippen LogP contribution in [0.15, 0.2) is 30.3 Å². The summed E-state index contributed by atoms with van der Waals surface area (Å²) < 4.78 is 1.51. The zero-order chi connectivity index (χ0) is 16.1. The van der Waals surface area contributed by atoms with E-state index in [1.165, 1.54) is 10.4 Å². The van der Waals surface area contributed by atoms with Gasteiger partial charge in [-0.05, 0) is 25.5 Å².